The summed E-state index contributed by atoms with van der Waals surface area (Å²) in [6.07, 6.45) is 7.08. The van der Waals surface area contributed by atoms with Gasteiger partial charge in [-0.1, -0.05) is 32.1 Å². The Hall–Kier alpha value is -1.31. The lowest BCUT2D eigenvalue weighted by Crippen LogP contribution is -2.12. The summed E-state index contributed by atoms with van der Waals surface area (Å²) >= 11 is 0. The Bertz CT molecular complexity index is 350. The van der Waals surface area contributed by atoms with Crippen molar-refractivity contribution in [2.75, 3.05) is 5.73 Å². The molecule has 86 valence electrons. The number of carbonyl (C=O) groups excluding carboxylic acids is 1. The molecule has 1 aromatic carbocycles. The van der Waals surface area contributed by atoms with Crippen molar-refractivity contribution in [2.45, 2.75) is 38.5 Å². The van der Waals surface area contributed by atoms with E-state index in [0.29, 0.717) is 18.0 Å². The maximum absolute atomic E-state index is 12.0. The Kier molecular flexibility index (Phi) is 3.60. The molecule has 2 N–H and O–H groups in total. The first kappa shape index (κ1) is 11.2. The molecule has 1 aliphatic rings. The number of hydrogen-bond donors (Lipinski definition) is 1. The molecule has 0 aromatic heterocycles. The van der Waals surface area contributed by atoms with Crippen LogP contribution in [-0.4, -0.2) is 5.78 Å². The quantitative estimate of drug-likeness (QED) is 0.622. The van der Waals surface area contributed by atoms with Crippen LogP contribution >= 0.6 is 0 Å². The van der Waals surface area contributed by atoms with Crippen LogP contribution in [0.5, 0.6) is 0 Å². The van der Waals surface area contributed by atoms with E-state index in [0.717, 1.165) is 5.56 Å². The molecule has 0 atom stereocenters. The van der Waals surface area contributed by atoms with Gasteiger partial charge in [0.05, 0.1) is 0 Å². The highest BCUT2D eigenvalue weighted by molar-refractivity contribution is 5.96. The Morgan fingerprint density at radius 3 is 2.38 bits per heavy atom. The number of ketones is 1. The number of benzene rings is 1. The van der Waals surface area contributed by atoms with Crippen molar-refractivity contribution in [1.29, 1.82) is 0 Å². The van der Waals surface area contributed by atoms with Gasteiger partial charge in [-0.15, -0.1) is 0 Å². The highest BCUT2D eigenvalue weighted by Crippen LogP contribution is 2.27. The van der Waals surface area contributed by atoms with Crippen LogP contribution < -0.4 is 5.73 Å². The number of hydrogen-bond acceptors (Lipinski definition) is 2. The zero-order valence-electron chi connectivity index (χ0n) is 9.61. The van der Waals surface area contributed by atoms with Crippen molar-refractivity contribution in [3.05, 3.63) is 29.8 Å². The molecule has 16 heavy (non-hydrogen) atoms. The van der Waals surface area contributed by atoms with Crippen LogP contribution in [0.2, 0.25) is 0 Å². The average molecular weight is 217 g/mol. The highest BCUT2D eigenvalue weighted by Gasteiger charge is 2.17. The molecule has 2 rings (SSSR count). The van der Waals surface area contributed by atoms with E-state index in [2.05, 4.69) is 0 Å². The summed E-state index contributed by atoms with van der Waals surface area (Å²) in [5, 5.41) is 0. The van der Waals surface area contributed by atoms with Gasteiger partial charge in [-0.25, -0.2) is 0 Å². The molecule has 1 fully saturated rings. The van der Waals surface area contributed by atoms with Crippen molar-refractivity contribution in [1.82, 2.24) is 0 Å². The van der Waals surface area contributed by atoms with Gasteiger partial charge >= 0.3 is 0 Å². The fourth-order valence-corrected chi connectivity index (χ4v) is 2.44. The molecule has 0 aliphatic heterocycles. The minimum absolute atomic E-state index is 0.270. The molecule has 0 heterocycles. The van der Waals surface area contributed by atoms with Crippen LogP contribution in [-0.2, 0) is 0 Å². The van der Waals surface area contributed by atoms with Crippen LogP contribution in [0.3, 0.4) is 0 Å². The fourth-order valence-electron chi connectivity index (χ4n) is 2.44. The van der Waals surface area contributed by atoms with Gasteiger partial charge in [-0.05, 0) is 30.2 Å². The van der Waals surface area contributed by atoms with Crippen molar-refractivity contribution >= 4 is 11.5 Å². The fraction of sp³-hybridized carbons (Fsp3) is 0.500. The molecule has 1 saturated carbocycles. The van der Waals surface area contributed by atoms with E-state index in [-0.39, 0.29) is 5.78 Å². The molecule has 0 radical (unpaired) electrons. The molecular weight excluding hydrogens is 198 g/mol. The van der Waals surface area contributed by atoms with Crippen LogP contribution in [0, 0.1) is 5.92 Å². The lowest BCUT2D eigenvalue weighted by Gasteiger charge is -2.20. The van der Waals surface area contributed by atoms with Crippen LogP contribution in [0.25, 0.3) is 0 Å². The van der Waals surface area contributed by atoms with E-state index in [4.69, 9.17) is 5.73 Å². The van der Waals surface area contributed by atoms with Gasteiger partial charge in [0.15, 0.2) is 5.78 Å². The minimum atomic E-state index is 0.270. The van der Waals surface area contributed by atoms with E-state index >= 15 is 0 Å². The molecule has 0 amide bonds. The first-order valence-corrected chi connectivity index (χ1v) is 6.14. The van der Waals surface area contributed by atoms with E-state index in [9.17, 15) is 4.79 Å². The molecule has 2 heteroatoms. The van der Waals surface area contributed by atoms with Crippen LogP contribution in [0.4, 0.5) is 5.69 Å². The van der Waals surface area contributed by atoms with Gasteiger partial charge < -0.3 is 5.73 Å². The molecule has 0 spiro atoms. The number of rotatable bonds is 3. The highest BCUT2D eigenvalue weighted by atomic mass is 16.1. The standard InChI is InChI=1S/C14H19NO/c15-13-8-6-12(7-9-13)14(16)10-11-4-2-1-3-5-11/h6-9,11H,1-5,10,15H2. The first-order chi connectivity index (χ1) is 7.75. The summed E-state index contributed by atoms with van der Waals surface area (Å²) < 4.78 is 0. The topological polar surface area (TPSA) is 43.1 Å². The summed E-state index contributed by atoms with van der Waals surface area (Å²) in [4.78, 5) is 12.0. The first-order valence-electron chi connectivity index (χ1n) is 6.14. The molecule has 0 bridgehead atoms. The third-order valence-corrected chi connectivity index (χ3v) is 3.43. The SMILES string of the molecule is Nc1ccc(C(=O)CC2CCCCC2)cc1. The predicted octanol–water partition coefficient (Wildman–Crippen LogP) is 3.42. The third kappa shape index (κ3) is 2.84. The van der Waals surface area contributed by atoms with Crippen molar-refractivity contribution in [3.8, 4) is 0 Å². The summed E-state index contributed by atoms with van der Waals surface area (Å²) in [6.45, 7) is 0. The van der Waals surface area contributed by atoms with Gasteiger partial charge in [-0.2, -0.15) is 0 Å². The van der Waals surface area contributed by atoms with E-state index in [1.54, 1.807) is 12.1 Å². The number of Topliss-reactive ketones (excluding diaryl/α,β-unsaturated/α-hetero) is 1. The van der Waals surface area contributed by atoms with Gasteiger partial charge in [0.1, 0.15) is 0 Å². The number of carbonyl (C=O) groups is 1. The Balaban J connectivity index is 1.94. The molecular formula is C14H19NO. The summed E-state index contributed by atoms with van der Waals surface area (Å²) in [5.41, 5.74) is 7.12. The zero-order chi connectivity index (χ0) is 11.4. The minimum Gasteiger partial charge on any atom is -0.399 e. The molecule has 1 aromatic rings. The van der Waals surface area contributed by atoms with Crippen molar-refractivity contribution in [3.63, 3.8) is 0 Å². The van der Waals surface area contributed by atoms with Gasteiger partial charge in [-0.3, -0.25) is 4.79 Å². The van der Waals surface area contributed by atoms with E-state index < -0.39 is 0 Å². The number of nitrogen functional groups attached to an aromatic ring is 1. The Morgan fingerprint density at radius 1 is 1.12 bits per heavy atom. The molecule has 2 nitrogen and oxygen atoms in total. The molecule has 0 unspecified atom stereocenters. The average Bonchev–Trinajstić information content (AvgIpc) is 2.31. The van der Waals surface area contributed by atoms with Crippen LogP contribution in [0.1, 0.15) is 48.9 Å². The monoisotopic (exact) mass is 217 g/mol. The molecule has 1 aliphatic carbocycles. The second-order valence-electron chi connectivity index (χ2n) is 4.75. The third-order valence-electron chi connectivity index (χ3n) is 3.43. The summed E-state index contributed by atoms with van der Waals surface area (Å²) in [6, 6.07) is 7.27. The number of nitrogens with two attached hydrogens (primary N) is 1. The van der Waals surface area contributed by atoms with Crippen molar-refractivity contribution in [2.24, 2.45) is 5.92 Å². The Morgan fingerprint density at radius 2 is 1.75 bits per heavy atom. The van der Waals surface area contributed by atoms with Crippen LogP contribution in [0.15, 0.2) is 24.3 Å². The maximum Gasteiger partial charge on any atom is 0.163 e. The maximum atomic E-state index is 12.0. The van der Waals surface area contributed by atoms with E-state index in [1.807, 2.05) is 12.1 Å². The van der Waals surface area contributed by atoms with Crippen molar-refractivity contribution < 1.29 is 4.79 Å². The zero-order valence-corrected chi connectivity index (χ0v) is 9.61. The largest absolute Gasteiger partial charge is 0.399 e. The second-order valence-corrected chi connectivity index (χ2v) is 4.75. The molecule has 0 saturated heterocycles. The summed E-state index contributed by atoms with van der Waals surface area (Å²) in [5.74, 6) is 0.880. The smallest absolute Gasteiger partial charge is 0.163 e. The van der Waals surface area contributed by atoms with Gasteiger partial charge in [0, 0.05) is 17.7 Å². The summed E-state index contributed by atoms with van der Waals surface area (Å²) in [7, 11) is 0. The lowest BCUT2D eigenvalue weighted by atomic mass is 9.85. The van der Waals surface area contributed by atoms with E-state index in [1.165, 1.54) is 32.1 Å². The Labute approximate surface area is 96.8 Å². The van der Waals surface area contributed by atoms with Gasteiger partial charge in [0.25, 0.3) is 0 Å². The lowest BCUT2D eigenvalue weighted by molar-refractivity contribution is 0.0950. The predicted molar refractivity (Wildman–Crippen MR) is 66.4 cm³/mol. The van der Waals surface area contributed by atoms with Gasteiger partial charge in [0.2, 0.25) is 0 Å². The second kappa shape index (κ2) is 5.15. The normalized spacial score (nSPS) is 17.2. The number of anilines is 1.